The molecule has 1 unspecified atom stereocenters. The van der Waals surface area contributed by atoms with Gasteiger partial charge < -0.3 is 19.1 Å². The third kappa shape index (κ3) is 4.65. The molecule has 4 heterocycles. The molecule has 3 fully saturated rings. The standard InChI is InChI=1S/C19H33N7O4/c1-28-10-9-26-18(20-21-22-26)19(25-7-13-30-14-8-25)3-2-4-24(16-19)17(27)15-23-5-11-29-12-6-23/h2-16H2,1H3. The van der Waals surface area contributed by atoms with Crippen molar-refractivity contribution in [3.8, 4) is 0 Å². The number of carbonyl (C=O) groups is 1. The molecule has 11 heteroatoms. The summed E-state index contributed by atoms with van der Waals surface area (Å²) in [7, 11) is 1.68. The maximum absolute atomic E-state index is 13.2. The van der Waals surface area contributed by atoms with Gasteiger partial charge in [-0.1, -0.05) is 0 Å². The molecule has 1 atom stereocenters. The Hall–Kier alpha value is -1.66. The van der Waals surface area contributed by atoms with Gasteiger partial charge in [0.1, 0.15) is 5.54 Å². The first-order valence-corrected chi connectivity index (χ1v) is 10.9. The molecule has 3 aliphatic heterocycles. The van der Waals surface area contributed by atoms with E-state index in [1.54, 1.807) is 7.11 Å². The lowest BCUT2D eigenvalue weighted by atomic mass is 9.85. The quantitative estimate of drug-likeness (QED) is 0.536. The fourth-order valence-corrected chi connectivity index (χ4v) is 4.74. The first-order valence-electron chi connectivity index (χ1n) is 10.9. The molecule has 1 aromatic rings. The zero-order chi connectivity index (χ0) is 20.8. The van der Waals surface area contributed by atoms with Crippen LogP contribution in [0.3, 0.4) is 0 Å². The summed E-state index contributed by atoms with van der Waals surface area (Å²) in [5, 5.41) is 12.7. The van der Waals surface area contributed by atoms with Crippen molar-refractivity contribution in [2.75, 3.05) is 86.0 Å². The smallest absolute Gasteiger partial charge is 0.236 e. The number of amides is 1. The van der Waals surface area contributed by atoms with Crippen molar-refractivity contribution in [2.24, 2.45) is 0 Å². The number of hydrogen-bond acceptors (Lipinski definition) is 9. The Morgan fingerprint density at radius 1 is 1.10 bits per heavy atom. The molecule has 0 bridgehead atoms. The summed E-state index contributed by atoms with van der Waals surface area (Å²) in [6.07, 6.45) is 1.84. The number of piperidine rings is 1. The lowest BCUT2D eigenvalue weighted by Gasteiger charge is -2.49. The Kier molecular flexibility index (Phi) is 7.26. The van der Waals surface area contributed by atoms with Crippen LogP contribution >= 0.6 is 0 Å². The molecule has 168 valence electrons. The molecule has 0 N–H and O–H groups in total. The van der Waals surface area contributed by atoms with E-state index < -0.39 is 5.54 Å². The largest absolute Gasteiger partial charge is 0.383 e. The number of carbonyl (C=O) groups excluding carboxylic acids is 1. The SMILES string of the molecule is COCCn1nnnc1C1(N2CCOCC2)CCCN(C(=O)CN2CCOCC2)C1. The number of nitrogens with zero attached hydrogens (tertiary/aromatic N) is 7. The Labute approximate surface area is 177 Å². The van der Waals surface area contributed by atoms with Crippen LogP contribution in [-0.4, -0.2) is 127 Å². The molecule has 4 rings (SSSR count). The second-order valence-electron chi connectivity index (χ2n) is 8.16. The van der Waals surface area contributed by atoms with Gasteiger partial charge in [0.15, 0.2) is 5.82 Å². The summed E-state index contributed by atoms with van der Waals surface area (Å²) in [4.78, 5) is 19.8. The topological polar surface area (TPSA) is 98.1 Å². The zero-order valence-electron chi connectivity index (χ0n) is 17.9. The van der Waals surface area contributed by atoms with E-state index >= 15 is 0 Å². The van der Waals surface area contributed by atoms with Crippen molar-refractivity contribution in [1.29, 1.82) is 0 Å². The lowest BCUT2D eigenvalue weighted by molar-refractivity contribution is -0.140. The van der Waals surface area contributed by atoms with Crippen LogP contribution in [0.1, 0.15) is 18.7 Å². The van der Waals surface area contributed by atoms with Gasteiger partial charge in [-0.25, -0.2) is 4.68 Å². The van der Waals surface area contributed by atoms with E-state index in [9.17, 15) is 4.79 Å². The van der Waals surface area contributed by atoms with Crippen molar-refractivity contribution < 1.29 is 19.0 Å². The minimum absolute atomic E-state index is 0.171. The van der Waals surface area contributed by atoms with Crippen LogP contribution < -0.4 is 0 Å². The Morgan fingerprint density at radius 3 is 2.57 bits per heavy atom. The summed E-state index contributed by atoms with van der Waals surface area (Å²) < 4.78 is 18.1. The van der Waals surface area contributed by atoms with Gasteiger partial charge in [-0.2, -0.15) is 0 Å². The predicted molar refractivity (Wildman–Crippen MR) is 107 cm³/mol. The summed E-state index contributed by atoms with van der Waals surface area (Å²) in [5.74, 6) is 0.996. The van der Waals surface area contributed by atoms with Crippen molar-refractivity contribution >= 4 is 5.91 Å². The van der Waals surface area contributed by atoms with Gasteiger partial charge in [-0.3, -0.25) is 14.6 Å². The van der Waals surface area contributed by atoms with Crippen molar-refractivity contribution in [3.63, 3.8) is 0 Å². The predicted octanol–water partition coefficient (Wildman–Crippen LogP) is -1.20. The van der Waals surface area contributed by atoms with E-state index in [0.29, 0.717) is 52.7 Å². The van der Waals surface area contributed by atoms with Crippen LogP contribution in [0.15, 0.2) is 0 Å². The van der Waals surface area contributed by atoms with Crippen molar-refractivity contribution in [3.05, 3.63) is 5.82 Å². The van der Waals surface area contributed by atoms with Crippen LogP contribution in [-0.2, 0) is 31.1 Å². The minimum Gasteiger partial charge on any atom is -0.383 e. The highest BCUT2D eigenvalue weighted by Gasteiger charge is 2.47. The number of aromatic nitrogens is 4. The molecule has 1 amide bonds. The highest BCUT2D eigenvalue weighted by Crippen LogP contribution is 2.37. The Morgan fingerprint density at radius 2 is 1.83 bits per heavy atom. The van der Waals surface area contributed by atoms with Crippen LogP contribution in [0.4, 0.5) is 0 Å². The number of ether oxygens (including phenoxy) is 3. The van der Waals surface area contributed by atoms with E-state index in [2.05, 4.69) is 25.3 Å². The van der Waals surface area contributed by atoms with Crippen LogP contribution in [0.25, 0.3) is 0 Å². The number of tetrazole rings is 1. The number of rotatable bonds is 7. The fraction of sp³-hybridized carbons (Fsp3) is 0.895. The summed E-state index contributed by atoms with van der Waals surface area (Å²) in [6, 6.07) is 0. The molecule has 0 spiro atoms. The summed E-state index contributed by atoms with van der Waals surface area (Å²) >= 11 is 0. The summed E-state index contributed by atoms with van der Waals surface area (Å²) in [6.45, 7) is 8.93. The summed E-state index contributed by atoms with van der Waals surface area (Å²) in [5.41, 5.74) is -0.403. The first kappa shape index (κ1) is 21.6. The third-order valence-electron chi connectivity index (χ3n) is 6.36. The van der Waals surface area contributed by atoms with E-state index in [1.807, 2.05) is 9.58 Å². The normalized spacial score (nSPS) is 26.8. The maximum atomic E-state index is 13.2. The van der Waals surface area contributed by atoms with Gasteiger partial charge in [-0.15, -0.1) is 5.10 Å². The van der Waals surface area contributed by atoms with E-state index in [1.165, 1.54) is 0 Å². The molecule has 0 saturated carbocycles. The van der Waals surface area contributed by atoms with Crippen LogP contribution in [0.5, 0.6) is 0 Å². The Balaban J connectivity index is 1.56. The van der Waals surface area contributed by atoms with Crippen molar-refractivity contribution in [1.82, 2.24) is 34.9 Å². The molecule has 30 heavy (non-hydrogen) atoms. The van der Waals surface area contributed by atoms with Gasteiger partial charge in [0, 0.05) is 46.4 Å². The highest BCUT2D eigenvalue weighted by molar-refractivity contribution is 5.78. The molecule has 0 aromatic carbocycles. The zero-order valence-corrected chi connectivity index (χ0v) is 17.9. The van der Waals surface area contributed by atoms with Crippen LogP contribution in [0, 0.1) is 0 Å². The molecule has 1 aromatic heterocycles. The Bertz CT molecular complexity index is 690. The highest BCUT2D eigenvalue weighted by atomic mass is 16.5. The van der Waals surface area contributed by atoms with Gasteiger partial charge in [-0.05, 0) is 23.3 Å². The number of likely N-dealkylation sites (tertiary alicyclic amines) is 1. The maximum Gasteiger partial charge on any atom is 0.236 e. The minimum atomic E-state index is -0.403. The molecule has 11 nitrogen and oxygen atoms in total. The monoisotopic (exact) mass is 423 g/mol. The molecule has 0 radical (unpaired) electrons. The van der Waals surface area contributed by atoms with Gasteiger partial charge in [0.05, 0.1) is 46.1 Å². The number of hydrogen-bond donors (Lipinski definition) is 0. The van der Waals surface area contributed by atoms with E-state index in [-0.39, 0.29) is 5.91 Å². The second kappa shape index (κ2) is 10.1. The van der Waals surface area contributed by atoms with Gasteiger partial charge in [0.2, 0.25) is 5.91 Å². The van der Waals surface area contributed by atoms with Gasteiger partial charge in [0.25, 0.3) is 0 Å². The third-order valence-corrected chi connectivity index (χ3v) is 6.36. The van der Waals surface area contributed by atoms with E-state index in [4.69, 9.17) is 14.2 Å². The molecule has 3 saturated heterocycles. The molecular formula is C19H33N7O4. The average Bonchev–Trinajstić information content (AvgIpc) is 3.28. The first-order chi connectivity index (χ1) is 14.7. The molecular weight excluding hydrogens is 390 g/mol. The lowest BCUT2D eigenvalue weighted by Crippen LogP contribution is -2.61. The second-order valence-corrected chi connectivity index (χ2v) is 8.16. The number of morpholine rings is 2. The number of methoxy groups -OCH3 is 1. The van der Waals surface area contributed by atoms with Crippen LogP contribution in [0.2, 0.25) is 0 Å². The van der Waals surface area contributed by atoms with E-state index in [0.717, 1.165) is 51.4 Å². The van der Waals surface area contributed by atoms with Crippen molar-refractivity contribution in [2.45, 2.75) is 24.9 Å². The van der Waals surface area contributed by atoms with Gasteiger partial charge >= 0.3 is 0 Å². The molecule has 3 aliphatic rings. The average molecular weight is 424 g/mol. The molecule has 0 aliphatic carbocycles. The fourth-order valence-electron chi connectivity index (χ4n) is 4.74.